The van der Waals surface area contributed by atoms with Crippen molar-refractivity contribution >= 4 is 18.0 Å². The molecule has 0 fully saturated rings. The molecule has 0 saturated heterocycles. The van der Waals surface area contributed by atoms with Gasteiger partial charge in [0.05, 0.1) is 0 Å². The van der Waals surface area contributed by atoms with E-state index in [1.54, 1.807) is 27.7 Å². The van der Waals surface area contributed by atoms with Crippen LogP contribution in [0.4, 0.5) is 4.79 Å². The van der Waals surface area contributed by atoms with E-state index in [0.717, 1.165) is 0 Å². The summed E-state index contributed by atoms with van der Waals surface area (Å²) in [6.45, 7) is 12.6. The van der Waals surface area contributed by atoms with Crippen molar-refractivity contribution < 1.29 is 24.2 Å². The van der Waals surface area contributed by atoms with Crippen LogP contribution in [0.5, 0.6) is 0 Å². The van der Waals surface area contributed by atoms with Crippen molar-refractivity contribution in [2.45, 2.75) is 79.0 Å². The molecule has 0 aliphatic rings. The highest BCUT2D eigenvalue weighted by molar-refractivity contribution is 5.89. The number of carboxylic acid groups (broad SMARTS) is 1. The van der Waals surface area contributed by atoms with E-state index in [4.69, 9.17) is 4.74 Å². The molecule has 0 saturated carbocycles. The molecule has 7 heteroatoms. The summed E-state index contributed by atoms with van der Waals surface area (Å²) >= 11 is 0. The van der Waals surface area contributed by atoms with Crippen LogP contribution in [0.25, 0.3) is 0 Å². The molecule has 2 unspecified atom stereocenters. The van der Waals surface area contributed by atoms with Crippen molar-refractivity contribution in [3.8, 4) is 0 Å². The molecule has 0 rings (SSSR count). The van der Waals surface area contributed by atoms with Crippen molar-refractivity contribution in [1.82, 2.24) is 10.2 Å². The first-order chi connectivity index (χ1) is 11.4. The van der Waals surface area contributed by atoms with Gasteiger partial charge in [-0.15, -0.1) is 0 Å². The van der Waals surface area contributed by atoms with E-state index < -0.39 is 35.7 Å². The molecule has 0 heterocycles. The second kappa shape index (κ2) is 9.63. The highest BCUT2D eigenvalue weighted by Crippen LogP contribution is 2.18. The highest BCUT2D eigenvalue weighted by Gasteiger charge is 2.37. The number of aliphatic carboxylic acids is 1. The molecule has 0 aliphatic heterocycles. The largest absolute Gasteiger partial charge is 0.480 e. The predicted octanol–water partition coefficient (Wildman–Crippen LogP) is 2.88. The zero-order valence-electron chi connectivity index (χ0n) is 16.8. The molecule has 0 radical (unpaired) electrons. The monoisotopic (exact) mass is 358 g/mol. The average molecular weight is 358 g/mol. The number of carbonyl (C=O) groups excluding carboxylic acids is 2. The molecular formula is C18H34N2O5. The molecular weight excluding hydrogens is 324 g/mol. The first kappa shape index (κ1) is 23.2. The van der Waals surface area contributed by atoms with Crippen LogP contribution >= 0.6 is 0 Å². The van der Waals surface area contributed by atoms with E-state index in [0.29, 0.717) is 12.8 Å². The van der Waals surface area contributed by atoms with E-state index in [1.165, 1.54) is 11.9 Å². The summed E-state index contributed by atoms with van der Waals surface area (Å²) in [5.41, 5.74) is -0.681. The third-order valence-electron chi connectivity index (χ3n) is 4.35. The number of nitrogens with zero attached hydrogens (tertiary/aromatic N) is 1. The summed E-state index contributed by atoms with van der Waals surface area (Å²) in [6.07, 6.45) is 0.596. The van der Waals surface area contributed by atoms with Crippen LogP contribution in [0.1, 0.15) is 61.3 Å². The minimum absolute atomic E-state index is 0.158. The summed E-state index contributed by atoms with van der Waals surface area (Å²) < 4.78 is 5.23. The van der Waals surface area contributed by atoms with Gasteiger partial charge in [0.15, 0.2) is 0 Å². The minimum Gasteiger partial charge on any atom is -0.480 e. The number of amides is 2. The Hall–Kier alpha value is -1.79. The third kappa shape index (κ3) is 7.32. The van der Waals surface area contributed by atoms with Crippen LogP contribution in [-0.4, -0.2) is 52.7 Å². The zero-order valence-corrected chi connectivity index (χ0v) is 16.8. The topological polar surface area (TPSA) is 95.9 Å². The summed E-state index contributed by atoms with van der Waals surface area (Å²) in [7, 11) is 1.47. The van der Waals surface area contributed by atoms with Gasteiger partial charge >= 0.3 is 12.1 Å². The molecule has 146 valence electrons. The van der Waals surface area contributed by atoms with Crippen molar-refractivity contribution in [2.24, 2.45) is 11.8 Å². The van der Waals surface area contributed by atoms with E-state index >= 15 is 0 Å². The number of likely N-dealkylation sites (N-methyl/N-ethyl adjacent to an activating group) is 1. The maximum atomic E-state index is 12.9. The van der Waals surface area contributed by atoms with Crippen molar-refractivity contribution in [3.05, 3.63) is 0 Å². The number of carbonyl (C=O) groups is 3. The van der Waals surface area contributed by atoms with Gasteiger partial charge < -0.3 is 20.1 Å². The Bertz CT molecular complexity index is 473. The molecule has 25 heavy (non-hydrogen) atoms. The molecule has 4 atom stereocenters. The second-order valence-electron chi connectivity index (χ2n) is 7.63. The lowest BCUT2D eigenvalue weighted by atomic mass is 9.94. The summed E-state index contributed by atoms with van der Waals surface area (Å²) in [4.78, 5) is 37.8. The molecule has 0 aromatic carbocycles. The summed E-state index contributed by atoms with van der Waals surface area (Å²) in [6, 6.07) is -1.78. The number of rotatable bonds is 8. The fraction of sp³-hybridized carbons (Fsp3) is 0.833. The minimum atomic E-state index is -1.05. The number of nitrogens with one attached hydrogen (secondary N) is 1. The van der Waals surface area contributed by atoms with Gasteiger partial charge in [0.2, 0.25) is 5.91 Å². The molecule has 0 aliphatic carbocycles. The SMILES string of the molecule is CCC(C)[C@H](NC(=O)OC(C)(C)C)C(=O)N(C)[C@H](C(=O)O)C(C)CC. The van der Waals surface area contributed by atoms with Crippen LogP contribution in [0.2, 0.25) is 0 Å². The average Bonchev–Trinajstić information content (AvgIpc) is 2.48. The Morgan fingerprint density at radius 2 is 1.56 bits per heavy atom. The smallest absolute Gasteiger partial charge is 0.408 e. The number of carboxylic acids is 1. The van der Waals surface area contributed by atoms with Gasteiger partial charge in [0.25, 0.3) is 0 Å². The third-order valence-corrected chi connectivity index (χ3v) is 4.35. The number of ether oxygens (including phenoxy) is 1. The standard InChI is InChI=1S/C18H34N2O5/c1-9-11(3)13(19-17(24)25-18(5,6)7)15(21)20(8)14(16(22)23)12(4)10-2/h11-14H,9-10H2,1-8H3,(H,19,24)(H,22,23)/t11?,12?,13-,14-/m0/s1. The van der Waals surface area contributed by atoms with Crippen LogP contribution in [0.15, 0.2) is 0 Å². The molecule has 2 amide bonds. The van der Waals surface area contributed by atoms with Gasteiger partial charge in [0, 0.05) is 7.05 Å². The lowest BCUT2D eigenvalue weighted by molar-refractivity contribution is -0.152. The normalized spacial score (nSPS) is 16.3. The van der Waals surface area contributed by atoms with Crippen LogP contribution in [0, 0.1) is 11.8 Å². The summed E-state index contributed by atoms with van der Waals surface area (Å²) in [5, 5.41) is 12.1. The molecule has 7 nitrogen and oxygen atoms in total. The second-order valence-corrected chi connectivity index (χ2v) is 7.63. The van der Waals surface area contributed by atoms with E-state index in [9.17, 15) is 19.5 Å². The summed E-state index contributed by atoms with van der Waals surface area (Å²) in [5.74, 6) is -1.84. The Morgan fingerprint density at radius 3 is 1.92 bits per heavy atom. The Labute approximate surface area is 151 Å². The highest BCUT2D eigenvalue weighted by atomic mass is 16.6. The van der Waals surface area contributed by atoms with Gasteiger partial charge in [0.1, 0.15) is 17.7 Å². The zero-order chi connectivity index (χ0) is 19.9. The first-order valence-electron chi connectivity index (χ1n) is 8.84. The van der Waals surface area contributed by atoms with E-state index in [1.807, 2.05) is 20.8 Å². The van der Waals surface area contributed by atoms with Gasteiger partial charge in [-0.2, -0.15) is 0 Å². The number of hydrogen-bond acceptors (Lipinski definition) is 4. The molecule has 0 spiro atoms. The Kier molecular flexibility index (Phi) is 8.94. The lowest BCUT2D eigenvalue weighted by Crippen LogP contribution is -2.56. The fourth-order valence-corrected chi connectivity index (χ4v) is 2.49. The molecule has 0 bridgehead atoms. The quantitative estimate of drug-likeness (QED) is 0.695. The van der Waals surface area contributed by atoms with Crippen LogP contribution < -0.4 is 5.32 Å². The molecule has 2 N–H and O–H groups in total. The molecule has 0 aromatic rings. The van der Waals surface area contributed by atoms with Crippen molar-refractivity contribution in [1.29, 1.82) is 0 Å². The van der Waals surface area contributed by atoms with Crippen molar-refractivity contribution in [2.75, 3.05) is 7.05 Å². The van der Waals surface area contributed by atoms with Gasteiger partial charge in [-0.25, -0.2) is 9.59 Å². The van der Waals surface area contributed by atoms with Crippen LogP contribution in [-0.2, 0) is 14.3 Å². The fourth-order valence-electron chi connectivity index (χ4n) is 2.49. The number of hydrogen-bond donors (Lipinski definition) is 2. The van der Waals surface area contributed by atoms with Gasteiger partial charge in [-0.3, -0.25) is 4.79 Å². The number of alkyl carbamates (subject to hydrolysis) is 1. The lowest BCUT2D eigenvalue weighted by Gasteiger charge is -2.34. The van der Waals surface area contributed by atoms with Gasteiger partial charge in [-0.05, 0) is 32.6 Å². The first-order valence-corrected chi connectivity index (χ1v) is 8.84. The van der Waals surface area contributed by atoms with E-state index in [-0.39, 0.29) is 11.8 Å². The van der Waals surface area contributed by atoms with Crippen LogP contribution in [0.3, 0.4) is 0 Å². The van der Waals surface area contributed by atoms with E-state index in [2.05, 4.69) is 5.32 Å². The predicted molar refractivity (Wildman–Crippen MR) is 96.3 cm³/mol. The van der Waals surface area contributed by atoms with Crippen molar-refractivity contribution in [3.63, 3.8) is 0 Å². The maximum absolute atomic E-state index is 12.9. The Balaban J connectivity index is 5.41. The maximum Gasteiger partial charge on any atom is 0.408 e. The Morgan fingerprint density at radius 1 is 1.08 bits per heavy atom. The van der Waals surface area contributed by atoms with Gasteiger partial charge in [-0.1, -0.05) is 40.5 Å². The molecule has 0 aromatic heterocycles.